The van der Waals surface area contributed by atoms with Gasteiger partial charge in [-0.15, -0.1) is 0 Å². The predicted octanol–water partition coefficient (Wildman–Crippen LogP) is 4.23. The maximum atomic E-state index is 3.93. The average Bonchev–Trinajstić information content (AvgIpc) is 2.62. The minimum absolute atomic E-state index is 0.488. The fourth-order valence-electron chi connectivity index (χ4n) is 3.80. The fraction of sp³-hybridized carbons (Fsp3) is 1.00. The van der Waals surface area contributed by atoms with Gasteiger partial charge in [-0.2, -0.15) is 0 Å². The number of hydrogen-bond acceptors (Lipinski definition) is 1. The van der Waals surface area contributed by atoms with Gasteiger partial charge >= 0.3 is 0 Å². The fourth-order valence-corrected chi connectivity index (χ4v) is 3.80. The Hall–Kier alpha value is -0.0400. The van der Waals surface area contributed by atoms with Gasteiger partial charge in [0.25, 0.3) is 0 Å². The molecule has 100 valence electrons. The summed E-state index contributed by atoms with van der Waals surface area (Å²) < 4.78 is 0. The Labute approximate surface area is 108 Å². The lowest BCUT2D eigenvalue weighted by Gasteiger charge is -2.32. The third kappa shape index (κ3) is 2.28. The van der Waals surface area contributed by atoms with E-state index in [9.17, 15) is 0 Å². The van der Waals surface area contributed by atoms with Gasteiger partial charge in [-0.05, 0) is 48.3 Å². The topological polar surface area (TPSA) is 12.0 Å². The second kappa shape index (κ2) is 4.26. The molecule has 2 fully saturated rings. The lowest BCUT2D eigenvalue weighted by atomic mass is 9.79. The number of rotatable bonds is 3. The Morgan fingerprint density at radius 3 is 1.71 bits per heavy atom. The highest BCUT2D eigenvalue weighted by Gasteiger charge is 2.64. The molecule has 0 heterocycles. The molecular weight excluding hydrogens is 206 g/mol. The minimum Gasteiger partial charge on any atom is -0.310 e. The summed E-state index contributed by atoms with van der Waals surface area (Å²) in [5.41, 5.74) is 0.976. The van der Waals surface area contributed by atoms with Crippen molar-refractivity contribution in [2.24, 2.45) is 22.7 Å². The molecule has 0 spiro atoms. The molecule has 0 aromatic carbocycles. The Morgan fingerprint density at radius 1 is 0.882 bits per heavy atom. The van der Waals surface area contributed by atoms with E-state index in [0.717, 1.165) is 23.9 Å². The molecule has 0 aliphatic heterocycles. The van der Waals surface area contributed by atoms with Crippen molar-refractivity contribution in [3.05, 3.63) is 0 Å². The van der Waals surface area contributed by atoms with E-state index in [1.165, 1.54) is 25.7 Å². The molecule has 2 saturated carbocycles. The van der Waals surface area contributed by atoms with Gasteiger partial charge in [-0.25, -0.2) is 0 Å². The zero-order valence-corrected chi connectivity index (χ0v) is 12.6. The molecule has 0 atom stereocenters. The predicted molar refractivity (Wildman–Crippen MR) is 75.1 cm³/mol. The molecule has 0 unspecified atom stereocenters. The van der Waals surface area contributed by atoms with Gasteiger partial charge in [-0.3, -0.25) is 0 Å². The molecule has 0 aromatic rings. The zero-order valence-electron chi connectivity index (χ0n) is 12.6. The first-order valence-corrected chi connectivity index (χ1v) is 7.53. The van der Waals surface area contributed by atoms with Gasteiger partial charge in [0.1, 0.15) is 0 Å². The van der Waals surface area contributed by atoms with E-state index in [1.54, 1.807) is 0 Å². The third-order valence-corrected chi connectivity index (χ3v) is 6.14. The summed E-state index contributed by atoms with van der Waals surface area (Å²) >= 11 is 0. The number of hydrogen-bond donors (Lipinski definition) is 1. The number of nitrogens with one attached hydrogen (secondary N) is 1. The van der Waals surface area contributed by atoms with Crippen molar-refractivity contribution < 1.29 is 0 Å². The van der Waals surface area contributed by atoms with Crippen LogP contribution in [0.1, 0.15) is 67.2 Å². The quantitative estimate of drug-likeness (QED) is 0.774. The smallest absolute Gasteiger partial charge is 0.0183 e. The van der Waals surface area contributed by atoms with Crippen LogP contribution in [0.15, 0.2) is 0 Å². The highest BCUT2D eigenvalue weighted by molar-refractivity contribution is 5.18. The molecular formula is C16H31N. The van der Waals surface area contributed by atoms with Crippen molar-refractivity contribution in [1.29, 1.82) is 0 Å². The van der Waals surface area contributed by atoms with E-state index in [1.807, 2.05) is 0 Å². The second-order valence-corrected chi connectivity index (χ2v) is 7.90. The summed E-state index contributed by atoms with van der Waals surface area (Å²) in [5, 5.41) is 3.93. The van der Waals surface area contributed by atoms with E-state index >= 15 is 0 Å². The Kier molecular flexibility index (Phi) is 3.36. The Morgan fingerprint density at radius 2 is 1.35 bits per heavy atom. The largest absolute Gasteiger partial charge is 0.310 e. The van der Waals surface area contributed by atoms with Crippen LogP contribution in [0.5, 0.6) is 0 Å². The lowest BCUT2D eigenvalue weighted by molar-refractivity contribution is 0.233. The normalized spacial score (nSPS) is 36.2. The van der Waals surface area contributed by atoms with Crippen LogP contribution < -0.4 is 5.32 Å². The summed E-state index contributed by atoms with van der Waals surface area (Å²) in [5.74, 6) is 1.86. The van der Waals surface area contributed by atoms with Gasteiger partial charge in [0, 0.05) is 12.1 Å². The van der Waals surface area contributed by atoms with E-state index in [4.69, 9.17) is 0 Å². The van der Waals surface area contributed by atoms with Crippen LogP contribution in [0.3, 0.4) is 0 Å². The van der Waals surface area contributed by atoms with E-state index < -0.39 is 0 Å². The van der Waals surface area contributed by atoms with Gasteiger partial charge in [0.05, 0.1) is 0 Å². The lowest BCUT2D eigenvalue weighted by Crippen LogP contribution is -2.37. The first kappa shape index (κ1) is 13.4. The van der Waals surface area contributed by atoms with Crippen LogP contribution in [0, 0.1) is 22.7 Å². The van der Waals surface area contributed by atoms with Crippen molar-refractivity contribution >= 4 is 0 Å². The molecule has 1 N–H and O–H groups in total. The zero-order chi connectivity index (χ0) is 12.8. The molecule has 1 nitrogen and oxygen atoms in total. The second-order valence-electron chi connectivity index (χ2n) is 7.90. The molecule has 0 saturated heterocycles. The Bertz CT molecular complexity index is 255. The monoisotopic (exact) mass is 237 g/mol. The van der Waals surface area contributed by atoms with Crippen molar-refractivity contribution in [3.8, 4) is 0 Å². The van der Waals surface area contributed by atoms with Crippen LogP contribution in [0.2, 0.25) is 0 Å². The standard InChI is InChI=1S/C16H31N/c1-11(2)12-7-9-13(10-8-12)17-14-15(3,4)16(14,5)6/h11-14,17H,7-10H2,1-6H3. The molecule has 0 amide bonds. The highest BCUT2D eigenvalue weighted by Crippen LogP contribution is 2.62. The van der Waals surface area contributed by atoms with E-state index in [-0.39, 0.29) is 0 Å². The summed E-state index contributed by atoms with van der Waals surface area (Å²) in [6.07, 6.45) is 5.66. The first-order chi connectivity index (χ1) is 7.76. The van der Waals surface area contributed by atoms with Crippen LogP contribution in [-0.4, -0.2) is 12.1 Å². The summed E-state index contributed by atoms with van der Waals surface area (Å²) in [7, 11) is 0. The van der Waals surface area contributed by atoms with Crippen LogP contribution in [0.25, 0.3) is 0 Å². The van der Waals surface area contributed by atoms with E-state index in [0.29, 0.717) is 10.8 Å². The van der Waals surface area contributed by atoms with Crippen molar-refractivity contribution in [1.82, 2.24) is 5.32 Å². The molecule has 0 aromatic heterocycles. The third-order valence-electron chi connectivity index (χ3n) is 6.14. The van der Waals surface area contributed by atoms with Crippen molar-refractivity contribution in [2.75, 3.05) is 0 Å². The summed E-state index contributed by atoms with van der Waals surface area (Å²) in [4.78, 5) is 0. The highest BCUT2D eigenvalue weighted by atomic mass is 15.1. The van der Waals surface area contributed by atoms with Crippen LogP contribution in [0.4, 0.5) is 0 Å². The molecule has 17 heavy (non-hydrogen) atoms. The van der Waals surface area contributed by atoms with Crippen LogP contribution >= 0.6 is 0 Å². The van der Waals surface area contributed by atoms with Gasteiger partial charge < -0.3 is 5.32 Å². The minimum atomic E-state index is 0.488. The molecule has 0 bridgehead atoms. The SMILES string of the molecule is CC(C)C1CCC(NC2C(C)(C)C2(C)C)CC1. The van der Waals surface area contributed by atoms with Gasteiger partial charge in [-0.1, -0.05) is 41.5 Å². The van der Waals surface area contributed by atoms with Crippen molar-refractivity contribution in [2.45, 2.75) is 79.3 Å². The summed E-state index contributed by atoms with van der Waals surface area (Å²) in [6, 6.07) is 1.52. The molecule has 2 rings (SSSR count). The van der Waals surface area contributed by atoms with Crippen LogP contribution in [-0.2, 0) is 0 Å². The van der Waals surface area contributed by atoms with Crippen molar-refractivity contribution in [3.63, 3.8) is 0 Å². The van der Waals surface area contributed by atoms with Gasteiger partial charge in [0.2, 0.25) is 0 Å². The average molecular weight is 237 g/mol. The maximum absolute atomic E-state index is 3.93. The molecule has 2 aliphatic carbocycles. The first-order valence-electron chi connectivity index (χ1n) is 7.53. The Balaban J connectivity index is 1.80. The summed E-state index contributed by atoms with van der Waals surface area (Å²) in [6.45, 7) is 14.4. The molecule has 0 radical (unpaired) electrons. The molecule has 1 heteroatoms. The van der Waals surface area contributed by atoms with Gasteiger partial charge in [0.15, 0.2) is 0 Å². The molecule has 2 aliphatic rings. The maximum Gasteiger partial charge on any atom is 0.0183 e. The van der Waals surface area contributed by atoms with E-state index in [2.05, 4.69) is 46.9 Å².